The highest BCUT2D eigenvalue weighted by molar-refractivity contribution is 5.73. The van der Waals surface area contributed by atoms with Gasteiger partial charge in [0.05, 0.1) is 0 Å². The van der Waals surface area contributed by atoms with E-state index in [4.69, 9.17) is 0 Å². The smallest absolute Gasteiger partial charge is 0.314 e. The third-order valence-electron chi connectivity index (χ3n) is 4.38. The zero-order valence-corrected chi connectivity index (χ0v) is 15.7. The molecule has 3 N–H and O–H groups in total. The molecule has 0 saturated heterocycles. The third-order valence-corrected chi connectivity index (χ3v) is 4.38. The summed E-state index contributed by atoms with van der Waals surface area (Å²) in [5.74, 6) is 0.804. The first-order chi connectivity index (χ1) is 13.8. The molecule has 28 heavy (non-hydrogen) atoms. The van der Waals surface area contributed by atoms with Gasteiger partial charge in [0.2, 0.25) is 5.95 Å². The SMILES string of the molecule is O=C(NCCNc1ncccn1)NCCC(c1ccccc1)c1ccccc1. The van der Waals surface area contributed by atoms with Crippen molar-refractivity contribution < 1.29 is 4.79 Å². The minimum absolute atomic E-state index is 0.171. The molecule has 6 heteroatoms. The summed E-state index contributed by atoms with van der Waals surface area (Å²) in [6, 6.07) is 22.4. The Morgan fingerprint density at radius 2 is 1.32 bits per heavy atom. The summed E-state index contributed by atoms with van der Waals surface area (Å²) in [5.41, 5.74) is 2.51. The maximum atomic E-state index is 12.0. The fourth-order valence-electron chi connectivity index (χ4n) is 3.03. The molecule has 0 spiro atoms. The van der Waals surface area contributed by atoms with E-state index >= 15 is 0 Å². The summed E-state index contributed by atoms with van der Waals surface area (Å²) in [6.07, 6.45) is 4.17. The van der Waals surface area contributed by atoms with Gasteiger partial charge in [-0.3, -0.25) is 0 Å². The van der Waals surface area contributed by atoms with Gasteiger partial charge >= 0.3 is 6.03 Å². The third kappa shape index (κ3) is 6.09. The van der Waals surface area contributed by atoms with Crippen LogP contribution in [0.4, 0.5) is 10.7 Å². The normalized spacial score (nSPS) is 10.5. The number of nitrogens with zero attached hydrogens (tertiary/aromatic N) is 2. The number of hydrogen-bond acceptors (Lipinski definition) is 4. The number of carbonyl (C=O) groups excluding carboxylic acids is 1. The van der Waals surface area contributed by atoms with Crippen molar-refractivity contribution in [2.24, 2.45) is 0 Å². The van der Waals surface area contributed by atoms with E-state index in [0.29, 0.717) is 25.6 Å². The largest absolute Gasteiger partial charge is 0.352 e. The quantitative estimate of drug-likeness (QED) is 0.501. The lowest BCUT2D eigenvalue weighted by Crippen LogP contribution is -2.38. The van der Waals surface area contributed by atoms with Gasteiger partial charge < -0.3 is 16.0 Å². The predicted octanol–water partition coefficient (Wildman–Crippen LogP) is 3.41. The van der Waals surface area contributed by atoms with Crippen LogP contribution < -0.4 is 16.0 Å². The van der Waals surface area contributed by atoms with Crippen molar-refractivity contribution in [1.29, 1.82) is 0 Å². The molecule has 3 rings (SSSR count). The first kappa shape index (κ1) is 19.4. The monoisotopic (exact) mass is 375 g/mol. The van der Waals surface area contributed by atoms with Gasteiger partial charge in [-0.25, -0.2) is 14.8 Å². The standard InChI is InChI=1S/C22H25N5O/c28-22(27-17-16-25-21-23-13-7-14-24-21)26-15-12-20(18-8-3-1-4-9-18)19-10-5-2-6-11-19/h1-11,13-14,20H,12,15-17H2,(H,23,24,25)(H2,26,27,28). The van der Waals surface area contributed by atoms with Crippen molar-refractivity contribution in [1.82, 2.24) is 20.6 Å². The van der Waals surface area contributed by atoms with E-state index in [1.807, 2.05) is 12.1 Å². The van der Waals surface area contributed by atoms with Crippen molar-refractivity contribution in [2.45, 2.75) is 12.3 Å². The van der Waals surface area contributed by atoms with Crippen LogP contribution in [0.25, 0.3) is 0 Å². The number of nitrogens with one attached hydrogen (secondary N) is 3. The summed E-state index contributed by atoms with van der Waals surface area (Å²) in [7, 11) is 0. The number of carbonyl (C=O) groups is 1. The molecule has 2 aromatic carbocycles. The molecule has 0 fully saturated rings. The topological polar surface area (TPSA) is 78.9 Å². The molecule has 0 atom stereocenters. The number of urea groups is 1. The molecule has 0 unspecified atom stereocenters. The van der Waals surface area contributed by atoms with E-state index in [9.17, 15) is 4.79 Å². The number of aromatic nitrogens is 2. The van der Waals surface area contributed by atoms with E-state index in [-0.39, 0.29) is 11.9 Å². The molecule has 0 aliphatic rings. The van der Waals surface area contributed by atoms with Crippen molar-refractivity contribution in [2.75, 3.05) is 25.0 Å². The van der Waals surface area contributed by atoms with Crippen LogP contribution in [0.15, 0.2) is 79.1 Å². The number of rotatable bonds is 9. The fraction of sp³-hybridized carbons (Fsp3) is 0.227. The molecule has 0 aliphatic carbocycles. The van der Waals surface area contributed by atoms with E-state index < -0.39 is 0 Å². The molecular weight excluding hydrogens is 350 g/mol. The summed E-state index contributed by atoms with van der Waals surface area (Å²) >= 11 is 0. The number of amides is 2. The molecule has 2 amide bonds. The average Bonchev–Trinajstić information content (AvgIpc) is 2.76. The van der Waals surface area contributed by atoms with Crippen LogP contribution in [0.2, 0.25) is 0 Å². The van der Waals surface area contributed by atoms with E-state index in [1.54, 1.807) is 18.5 Å². The van der Waals surface area contributed by atoms with Gasteiger partial charge in [0.25, 0.3) is 0 Å². The summed E-state index contributed by atoms with van der Waals surface area (Å²) in [6.45, 7) is 1.65. The van der Waals surface area contributed by atoms with Crippen molar-refractivity contribution in [3.05, 3.63) is 90.3 Å². The van der Waals surface area contributed by atoms with E-state index in [1.165, 1.54) is 11.1 Å². The molecule has 0 radical (unpaired) electrons. The molecule has 6 nitrogen and oxygen atoms in total. The van der Waals surface area contributed by atoms with Gasteiger partial charge in [-0.15, -0.1) is 0 Å². The Hall–Kier alpha value is -3.41. The number of anilines is 1. The summed E-state index contributed by atoms with van der Waals surface area (Å²) in [5, 5.41) is 8.83. The number of benzene rings is 2. The van der Waals surface area contributed by atoms with Crippen molar-refractivity contribution >= 4 is 12.0 Å². The Morgan fingerprint density at radius 1 is 0.750 bits per heavy atom. The maximum absolute atomic E-state index is 12.0. The van der Waals surface area contributed by atoms with Crippen molar-refractivity contribution in [3.63, 3.8) is 0 Å². The Morgan fingerprint density at radius 3 is 1.93 bits per heavy atom. The predicted molar refractivity (Wildman–Crippen MR) is 111 cm³/mol. The second kappa shape index (κ2) is 10.7. The van der Waals surface area contributed by atoms with Crippen LogP contribution in [0.1, 0.15) is 23.5 Å². The lowest BCUT2D eigenvalue weighted by Gasteiger charge is -2.18. The summed E-state index contributed by atoms with van der Waals surface area (Å²) < 4.78 is 0. The van der Waals surface area contributed by atoms with Crippen LogP contribution in [0, 0.1) is 0 Å². The highest BCUT2D eigenvalue weighted by Crippen LogP contribution is 2.27. The molecular formula is C22H25N5O. The molecule has 3 aromatic rings. The molecule has 144 valence electrons. The van der Waals surface area contributed by atoms with Gasteiger partial charge in [-0.1, -0.05) is 60.7 Å². The highest BCUT2D eigenvalue weighted by atomic mass is 16.2. The molecule has 0 saturated carbocycles. The minimum atomic E-state index is -0.171. The Bertz CT molecular complexity index is 788. The van der Waals surface area contributed by atoms with Gasteiger partial charge in [0, 0.05) is 37.9 Å². The molecule has 1 aromatic heterocycles. The second-order valence-corrected chi connectivity index (χ2v) is 6.34. The Kier molecular flexibility index (Phi) is 7.37. The van der Waals surface area contributed by atoms with Crippen LogP contribution >= 0.6 is 0 Å². The lowest BCUT2D eigenvalue weighted by molar-refractivity contribution is 0.241. The summed E-state index contributed by atoms with van der Waals surface area (Å²) in [4.78, 5) is 20.2. The van der Waals surface area contributed by atoms with Gasteiger partial charge in [-0.2, -0.15) is 0 Å². The van der Waals surface area contributed by atoms with E-state index in [2.05, 4.69) is 74.4 Å². The zero-order valence-electron chi connectivity index (χ0n) is 15.7. The average molecular weight is 375 g/mol. The van der Waals surface area contributed by atoms with E-state index in [0.717, 1.165) is 6.42 Å². The Balaban J connectivity index is 1.43. The van der Waals surface area contributed by atoms with Gasteiger partial charge in [-0.05, 0) is 23.6 Å². The Labute approximate surface area is 165 Å². The zero-order chi connectivity index (χ0) is 19.4. The van der Waals surface area contributed by atoms with Crippen molar-refractivity contribution in [3.8, 4) is 0 Å². The van der Waals surface area contributed by atoms with Crippen LogP contribution in [0.5, 0.6) is 0 Å². The first-order valence-electron chi connectivity index (χ1n) is 9.45. The van der Waals surface area contributed by atoms with Crippen LogP contribution in [-0.2, 0) is 0 Å². The van der Waals surface area contributed by atoms with Gasteiger partial charge in [0.15, 0.2) is 0 Å². The van der Waals surface area contributed by atoms with Gasteiger partial charge in [0.1, 0.15) is 0 Å². The first-order valence-corrected chi connectivity index (χ1v) is 9.45. The highest BCUT2D eigenvalue weighted by Gasteiger charge is 2.13. The fourth-order valence-corrected chi connectivity index (χ4v) is 3.03. The second-order valence-electron chi connectivity index (χ2n) is 6.34. The number of hydrogen-bond donors (Lipinski definition) is 3. The molecule has 0 aliphatic heterocycles. The minimum Gasteiger partial charge on any atom is -0.352 e. The maximum Gasteiger partial charge on any atom is 0.314 e. The van der Waals surface area contributed by atoms with Crippen LogP contribution in [-0.4, -0.2) is 35.6 Å². The molecule has 0 bridgehead atoms. The van der Waals surface area contributed by atoms with Crippen LogP contribution in [0.3, 0.4) is 0 Å². The molecule has 1 heterocycles. The lowest BCUT2D eigenvalue weighted by atomic mass is 9.88.